The van der Waals surface area contributed by atoms with Crippen molar-refractivity contribution in [3.63, 3.8) is 0 Å². The molecule has 0 N–H and O–H groups in total. The fourth-order valence-corrected chi connectivity index (χ4v) is 3.62. The Bertz CT molecular complexity index is 900. The summed E-state index contributed by atoms with van der Waals surface area (Å²) in [5.74, 6) is 2.33. The minimum atomic E-state index is 0.223. The van der Waals surface area contributed by atoms with Crippen molar-refractivity contribution in [2.24, 2.45) is 0 Å². The van der Waals surface area contributed by atoms with Gasteiger partial charge >= 0.3 is 0 Å². The van der Waals surface area contributed by atoms with Crippen LogP contribution in [0.15, 0.2) is 33.3 Å². The van der Waals surface area contributed by atoms with Crippen LogP contribution in [0.2, 0.25) is 0 Å². The van der Waals surface area contributed by atoms with Gasteiger partial charge in [0.05, 0.1) is 18.3 Å². The second-order valence-electron chi connectivity index (χ2n) is 6.84. The largest absolute Gasteiger partial charge is 0.494 e. The second kappa shape index (κ2) is 7.52. The zero-order valence-corrected chi connectivity index (χ0v) is 15.9. The Morgan fingerprint density at radius 1 is 1.19 bits per heavy atom. The van der Waals surface area contributed by atoms with Crippen molar-refractivity contribution < 1.29 is 13.8 Å². The van der Waals surface area contributed by atoms with Gasteiger partial charge in [0, 0.05) is 12.1 Å². The monoisotopic (exact) mass is 368 g/mol. The molecule has 3 heterocycles. The van der Waals surface area contributed by atoms with E-state index in [2.05, 4.69) is 15.2 Å². The van der Waals surface area contributed by atoms with E-state index in [0.717, 1.165) is 60.1 Å². The summed E-state index contributed by atoms with van der Waals surface area (Å²) in [6.07, 6.45) is 2.18. The number of aromatic nitrogens is 3. The van der Waals surface area contributed by atoms with Gasteiger partial charge in [-0.3, -0.25) is 4.90 Å². The van der Waals surface area contributed by atoms with E-state index >= 15 is 0 Å². The lowest BCUT2D eigenvalue weighted by molar-refractivity contribution is 0.228. The standard InChI is InChI=1S/C20H24N4O3/c1-4-25-16-9-7-15(8-10-16)20-21-17(14(3)26-20)12-24-11-5-6-18(24)19-13(2)22-27-23-19/h7-10,18H,4-6,11-12H2,1-3H3/t18-/m0/s1. The number of oxazole rings is 1. The molecule has 1 aliphatic heterocycles. The highest BCUT2D eigenvalue weighted by atomic mass is 16.6. The average molecular weight is 368 g/mol. The molecule has 0 amide bonds. The van der Waals surface area contributed by atoms with Crippen molar-refractivity contribution in [3.05, 3.63) is 47.1 Å². The van der Waals surface area contributed by atoms with Crippen molar-refractivity contribution >= 4 is 0 Å². The van der Waals surface area contributed by atoms with Crippen molar-refractivity contribution in [2.75, 3.05) is 13.2 Å². The SMILES string of the molecule is CCOc1ccc(-c2nc(CN3CCC[C@H]3c3nonc3C)c(C)o2)cc1. The van der Waals surface area contributed by atoms with Crippen LogP contribution in [0.3, 0.4) is 0 Å². The number of nitrogens with zero attached hydrogens (tertiary/aromatic N) is 4. The van der Waals surface area contributed by atoms with Crippen LogP contribution in [-0.2, 0) is 6.54 Å². The molecule has 142 valence electrons. The molecule has 0 unspecified atom stereocenters. The number of rotatable bonds is 6. The summed E-state index contributed by atoms with van der Waals surface area (Å²) in [4.78, 5) is 7.12. The Morgan fingerprint density at radius 3 is 2.70 bits per heavy atom. The molecule has 1 atom stereocenters. The molecule has 1 aliphatic rings. The molecule has 1 saturated heterocycles. The van der Waals surface area contributed by atoms with E-state index < -0.39 is 0 Å². The lowest BCUT2D eigenvalue weighted by atomic mass is 10.1. The quantitative estimate of drug-likeness (QED) is 0.649. The summed E-state index contributed by atoms with van der Waals surface area (Å²) in [5, 5.41) is 8.03. The Balaban J connectivity index is 1.52. The minimum Gasteiger partial charge on any atom is -0.494 e. The van der Waals surface area contributed by atoms with Crippen LogP contribution in [0, 0.1) is 13.8 Å². The highest BCUT2D eigenvalue weighted by molar-refractivity contribution is 5.55. The van der Waals surface area contributed by atoms with Gasteiger partial charge in [0.25, 0.3) is 0 Å². The number of hydrogen-bond donors (Lipinski definition) is 0. The van der Waals surface area contributed by atoms with E-state index in [-0.39, 0.29) is 6.04 Å². The molecule has 0 radical (unpaired) electrons. The van der Waals surface area contributed by atoms with Gasteiger partial charge in [-0.15, -0.1) is 0 Å². The first-order valence-electron chi connectivity index (χ1n) is 9.38. The van der Waals surface area contributed by atoms with Gasteiger partial charge in [-0.25, -0.2) is 9.61 Å². The van der Waals surface area contributed by atoms with E-state index in [9.17, 15) is 0 Å². The van der Waals surface area contributed by atoms with Gasteiger partial charge in [0.1, 0.15) is 22.9 Å². The number of aryl methyl sites for hydroxylation is 2. The molecule has 0 spiro atoms. The first-order valence-corrected chi connectivity index (χ1v) is 9.38. The summed E-state index contributed by atoms with van der Waals surface area (Å²) >= 11 is 0. The predicted octanol–water partition coefficient (Wildman–Crippen LogP) is 4.08. The third-order valence-corrected chi connectivity index (χ3v) is 5.02. The maximum Gasteiger partial charge on any atom is 0.226 e. The Kier molecular flexibility index (Phi) is 4.94. The highest BCUT2D eigenvalue weighted by Gasteiger charge is 2.31. The van der Waals surface area contributed by atoms with Crippen molar-refractivity contribution in [1.82, 2.24) is 20.2 Å². The molecule has 0 saturated carbocycles. The first-order chi connectivity index (χ1) is 13.2. The predicted molar refractivity (Wildman–Crippen MR) is 99.3 cm³/mol. The molecule has 7 nitrogen and oxygen atoms in total. The number of benzene rings is 1. The first kappa shape index (κ1) is 17.7. The van der Waals surface area contributed by atoms with Gasteiger partial charge in [-0.05, 0) is 64.4 Å². The molecular formula is C20H24N4O3. The molecule has 0 bridgehead atoms. The topological polar surface area (TPSA) is 77.4 Å². The van der Waals surface area contributed by atoms with E-state index in [1.54, 1.807) is 0 Å². The van der Waals surface area contributed by atoms with Crippen LogP contribution in [0.4, 0.5) is 0 Å². The second-order valence-corrected chi connectivity index (χ2v) is 6.84. The van der Waals surface area contributed by atoms with E-state index in [0.29, 0.717) is 12.5 Å². The van der Waals surface area contributed by atoms with Gasteiger partial charge in [-0.2, -0.15) is 0 Å². The van der Waals surface area contributed by atoms with Crippen LogP contribution < -0.4 is 4.74 Å². The van der Waals surface area contributed by atoms with Crippen molar-refractivity contribution in [2.45, 2.75) is 46.2 Å². The lowest BCUT2D eigenvalue weighted by Gasteiger charge is -2.21. The summed E-state index contributed by atoms with van der Waals surface area (Å²) in [5.41, 5.74) is 3.70. The molecule has 3 aromatic rings. The molecule has 7 heteroatoms. The number of likely N-dealkylation sites (tertiary alicyclic amines) is 1. The average Bonchev–Trinajstić information content (AvgIpc) is 3.37. The Morgan fingerprint density at radius 2 is 2.00 bits per heavy atom. The normalized spacial score (nSPS) is 17.5. The molecule has 27 heavy (non-hydrogen) atoms. The van der Waals surface area contributed by atoms with Gasteiger partial charge < -0.3 is 9.15 Å². The fourth-order valence-electron chi connectivity index (χ4n) is 3.62. The van der Waals surface area contributed by atoms with Gasteiger partial charge in [-0.1, -0.05) is 10.3 Å². The van der Waals surface area contributed by atoms with Crippen LogP contribution in [-0.4, -0.2) is 33.3 Å². The highest BCUT2D eigenvalue weighted by Crippen LogP contribution is 2.34. The number of hydrogen-bond acceptors (Lipinski definition) is 7. The summed E-state index contributed by atoms with van der Waals surface area (Å²) in [7, 11) is 0. The fraction of sp³-hybridized carbons (Fsp3) is 0.450. The van der Waals surface area contributed by atoms with Crippen LogP contribution in [0.1, 0.15) is 48.6 Å². The van der Waals surface area contributed by atoms with Crippen LogP contribution in [0.5, 0.6) is 5.75 Å². The zero-order valence-electron chi connectivity index (χ0n) is 15.9. The molecule has 2 aromatic heterocycles. The smallest absolute Gasteiger partial charge is 0.226 e. The van der Waals surface area contributed by atoms with Gasteiger partial charge in [0.2, 0.25) is 5.89 Å². The Labute approximate surface area is 158 Å². The van der Waals surface area contributed by atoms with E-state index in [1.807, 2.05) is 45.0 Å². The lowest BCUT2D eigenvalue weighted by Crippen LogP contribution is -2.24. The number of ether oxygens (including phenoxy) is 1. The van der Waals surface area contributed by atoms with Crippen molar-refractivity contribution in [1.29, 1.82) is 0 Å². The van der Waals surface area contributed by atoms with Gasteiger partial charge in [0.15, 0.2) is 0 Å². The van der Waals surface area contributed by atoms with Crippen LogP contribution in [0.25, 0.3) is 11.5 Å². The van der Waals surface area contributed by atoms with E-state index in [4.69, 9.17) is 18.8 Å². The maximum absolute atomic E-state index is 5.94. The molecule has 4 rings (SSSR count). The molecule has 1 aromatic carbocycles. The summed E-state index contributed by atoms with van der Waals surface area (Å²) < 4.78 is 16.3. The summed E-state index contributed by atoms with van der Waals surface area (Å²) in [6, 6.07) is 8.05. The minimum absolute atomic E-state index is 0.223. The Hall–Kier alpha value is -2.67. The van der Waals surface area contributed by atoms with Crippen molar-refractivity contribution in [3.8, 4) is 17.2 Å². The third-order valence-electron chi connectivity index (χ3n) is 5.02. The zero-order chi connectivity index (χ0) is 18.8. The molecule has 1 fully saturated rings. The molecule has 0 aliphatic carbocycles. The van der Waals surface area contributed by atoms with Crippen LogP contribution >= 0.6 is 0 Å². The molecular weight excluding hydrogens is 344 g/mol. The van der Waals surface area contributed by atoms with E-state index in [1.165, 1.54) is 0 Å². The maximum atomic E-state index is 5.94. The summed E-state index contributed by atoms with van der Waals surface area (Å²) in [6.45, 7) is 8.26. The third kappa shape index (κ3) is 3.60.